The lowest BCUT2D eigenvalue weighted by Gasteiger charge is -2.36. The summed E-state index contributed by atoms with van der Waals surface area (Å²) in [4.78, 5) is 79.4. The van der Waals surface area contributed by atoms with Crippen LogP contribution in [0.1, 0.15) is 46.3 Å². The molecule has 1 aliphatic rings. The number of carboxylic acids is 1. The quantitative estimate of drug-likeness (QED) is 0.166. The highest BCUT2D eigenvalue weighted by Gasteiger charge is 2.63. The molecule has 2 heterocycles. The molecule has 2 N–H and O–H groups in total. The summed E-state index contributed by atoms with van der Waals surface area (Å²) in [6.07, 6.45) is -2.01. The number of amides is 4. The fourth-order valence-corrected chi connectivity index (χ4v) is 5.48. The molecule has 0 spiro atoms. The molecule has 1 aromatic heterocycles. The van der Waals surface area contributed by atoms with Crippen LogP contribution in [0.4, 0.5) is 10.5 Å². The molecule has 0 radical (unpaired) electrons. The molecule has 44 heavy (non-hydrogen) atoms. The molecule has 0 bridgehead atoms. The summed E-state index contributed by atoms with van der Waals surface area (Å²) in [6.45, 7) is 1.23. The van der Waals surface area contributed by atoms with Crippen molar-refractivity contribution in [2.45, 2.75) is 45.3 Å². The topological polar surface area (TPSA) is 157 Å². The van der Waals surface area contributed by atoms with Crippen LogP contribution in [-0.4, -0.2) is 45.4 Å². The number of nitrogens with one attached hydrogen (secondary N) is 1. The second kappa shape index (κ2) is 12.4. The third kappa shape index (κ3) is 5.52. The lowest BCUT2D eigenvalue weighted by atomic mass is 9.94. The van der Waals surface area contributed by atoms with E-state index in [1.807, 2.05) is 0 Å². The zero-order valence-electron chi connectivity index (χ0n) is 23.8. The van der Waals surface area contributed by atoms with Gasteiger partial charge in [0.05, 0.1) is 24.1 Å². The average molecular weight is 598 g/mol. The smallest absolute Gasteiger partial charge is 0.477 e. The Morgan fingerprint density at radius 1 is 0.909 bits per heavy atom. The van der Waals surface area contributed by atoms with Gasteiger partial charge in [-0.3, -0.25) is 4.79 Å². The average Bonchev–Trinajstić information content (AvgIpc) is 3.02. The van der Waals surface area contributed by atoms with Crippen LogP contribution in [0.5, 0.6) is 0 Å². The summed E-state index contributed by atoms with van der Waals surface area (Å²) in [6, 6.07) is 19.4. The number of rotatable bonds is 8. The first kappa shape index (κ1) is 30.1. The molecule has 1 fully saturated rings. The summed E-state index contributed by atoms with van der Waals surface area (Å²) in [7, 11) is 0. The minimum absolute atomic E-state index is 0.0307. The normalized spacial score (nSPS) is 15.0. The third-order valence-corrected chi connectivity index (χ3v) is 7.77. The van der Waals surface area contributed by atoms with Gasteiger partial charge in [0.25, 0.3) is 5.91 Å². The summed E-state index contributed by atoms with van der Waals surface area (Å²) in [5.41, 5.74) is 0.794. The van der Waals surface area contributed by atoms with Crippen molar-refractivity contribution in [2.24, 2.45) is 0 Å². The van der Waals surface area contributed by atoms with Gasteiger partial charge in [-0.15, -0.1) is 0 Å². The first-order valence-electron chi connectivity index (χ1n) is 14.0. The van der Waals surface area contributed by atoms with E-state index >= 15 is 0 Å². The van der Waals surface area contributed by atoms with Crippen molar-refractivity contribution in [3.63, 3.8) is 0 Å². The maximum Gasteiger partial charge on any atom is 0.532 e. The number of piperidine rings is 1. The van der Waals surface area contributed by atoms with Gasteiger partial charge in [0.1, 0.15) is 12.2 Å². The maximum atomic E-state index is 13.6. The number of anilines is 1. The maximum absolute atomic E-state index is 13.6. The Bertz CT molecular complexity index is 1830. The molecular formula is C33H29N2O9+. The van der Waals surface area contributed by atoms with E-state index in [4.69, 9.17) is 9.15 Å². The number of fused-ring (bicyclic) bond motifs is 1. The van der Waals surface area contributed by atoms with Crippen LogP contribution in [0.15, 0.2) is 88.1 Å². The van der Waals surface area contributed by atoms with Gasteiger partial charge >= 0.3 is 29.5 Å². The molecule has 0 unspecified atom stereocenters. The summed E-state index contributed by atoms with van der Waals surface area (Å²) in [5, 5.41) is 13.6. The van der Waals surface area contributed by atoms with Crippen molar-refractivity contribution < 1.29 is 42.7 Å². The number of imide groups is 3. The lowest BCUT2D eigenvalue weighted by Crippen LogP contribution is -2.70. The van der Waals surface area contributed by atoms with Gasteiger partial charge in [0.2, 0.25) is 6.04 Å². The number of carbonyl (C=O) groups is 5. The lowest BCUT2D eigenvalue weighted by molar-refractivity contribution is -0.729. The molecule has 1 saturated heterocycles. The highest BCUT2D eigenvalue weighted by atomic mass is 16.6. The second-order valence-corrected chi connectivity index (χ2v) is 10.5. The number of hydrogen-bond acceptors (Lipinski definition) is 8. The van der Waals surface area contributed by atoms with Crippen LogP contribution >= 0.6 is 0 Å². The van der Waals surface area contributed by atoms with Crippen molar-refractivity contribution in [2.75, 3.05) is 5.32 Å². The van der Waals surface area contributed by atoms with Gasteiger partial charge in [-0.05, 0) is 42.7 Å². The van der Waals surface area contributed by atoms with E-state index in [-0.39, 0.29) is 53.8 Å². The third-order valence-electron chi connectivity index (χ3n) is 7.77. The van der Waals surface area contributed by atoms with Gasteiger partial charge in [-0.2, -0.15) is 4.79 Å². The Morgan fingerprint density at radius 2 is 1.55 bits per heavy atom. The summed E-state index contributed by atoms with van der Waals surface area (Å²) < 4.78 is 9.07. The molecule has 1 aliphatic heterocycles. The zero-order valence-corrected chi connectivity index (χ0v) is 23.8. The van der Waals surface area contributed by atoms with E-state index < -0.39 is 52.4 Å². The van der Waals surface area contributed by atoms with E-state index in [1.165, 1.54) is 19.1 Å². The Balaban J connectivity index is 1.52. The zero-order chi connectivity index (χ0) is 31.4. The number of ether oxygens (including phenoxy) is 1. The number of nitrogens with zero attached hydrogens (tertiary/aromatic N) is 1. The van der Waals surface area contributed by atoms with Crippen molar-refractivity contribution in [3.8, 4) is 0 Å². The van der Waals surface area contributed by atoms with Gasteiger partial charge in [0, 0.05) is 17.4 Å². The number of hydrogen-bond donors (Lipinski definition) is 2. The van der Waals surface area contributed by atoms with Crippen molar-refractivity contribution >= 4 is 46.4 Å². The monoisotopic (exact) mass is 597 g/mol. The Kier molecular flexibility index (Phi) is 8.50. The van der Waals surface area contributed by atoms with E-state index in [1.54, 1.807) is 66.7 Å². The number of likely N-dealkylation sites (tertiary alicyclic amines) is 1. The molecule has 11 heteroatoms. The summed E-state index contributed by atoms with van der Waals surface area (Å²) in [5.74, 6) is -4.01. The van der Waals surface area contributed by atoms with E-state index in [2.05, 4.69) is 5.32 Å². The highest BCUT2D eigenvalue weighted by molar-refractivity contribution is 6.10. The first-order valence-corrected chi connectivity index (χ1v) is 14.0. The molecule has 11 nitrogen and oxygen atoms in total. The Hall–Kier alpha value is -5.42. The molecule has 0 aliphatic carbocycles. The van der Waals surface area contributed by atoms with E-state index in [9.17, 15) is 33.9 Å². The van der Waals surface area contributed by atoms with Crippen molar-refractivity contribution in [3.05, 3.63) is 112 Å². The molecule has 3 aromatic carbocycles. The van der Waals surface area contributed by atoms with E-state index in [0.717, 1.165) is 0 Å². The van der Waals surface area contributed by atoms with Gasteiger partial charge in [-0.25, -0.2) is 19.2 Å². The van der Waals surface area contributed by atoms with Gasteiger partial charge in [0.15, 0.2) is 0 Å². The largest absolute Gasteiger partial charge is 0.532 e. The minimum Gasteiger partial charge on any atom is -0.477 e. The second-order valence-electron chi connectivity index (χ2n) is 10.5. The molecule has 4 aromatic rings. The van der Waals surface area contributed by atoms with Crippen molar-refractivity contribution in [1.29, 1.82) is 0 Å². The predicted molar refractivity (Wildman–Crippen MR) is 157 cm³/mol. The highest BCUT2D eigenvalue weighted by Crippen LogP contribution is 2.32. The first-order chi connectivity index (χ1) is 21.1. The number of carbonyl (C=O) groups excluding carboxylic acids is 4. The van der Waals surface area contributed by atoms with Crippen molar-refractivity contribution in [1.82, 2.24) is 0 Å². The molecule has 224 valence electrons. The van der Waals surface area contributed by atoms with Crippen LogP contribution in [0, 0.1) is 6.92 Å². The van der Waals surface area contributed by atoms with Crippen LogP contribution in [0.3, 0.4) is 0 Å². The number of aliphatic carboxylic acids is 1. The number of para-hydroxylation sites is 1. The number of benzene rings is 3. The van der Waals surface area contributed by atoms with Crippen LogP contribution in [0.25, 0.3) is 11.0 Å². The Morgan fingerprint density at radius 3 is 2.25 bits per heavy atom. The molecule has 5 rings (SSSR count). The fraction of sp³-hybridized carbons (Fsp3) is 0.212. The van der Waals surface area contributed by atoms with E-state index in [0.29, 0.717) is 10.9 Å². The van der Waals surface area contributed by atoms with Gasteiger partial charge in [-0.1, -0.05) is 65.1 Å². The number of carboxylic acid groups (broad SMARTS) is 1. The molecule has 0 saturated carbocycles. The predicted octanol–water partition coefficient (Wildman–Crippen LogP) is 4.74. The van der Waals surface area contributed by atoms with Crippen LogP contribution in [-0.2, 0) is 32.1 Å². The molecular weight excluding hydrogens is 568 g/mol. The standard InChI is InChI=1S/C33H28N2O9/c1-20-29(24-14-7-8-15-26(24)44-32(20)41)34-30(38)23-13-6-5-12-22(23)18-25(31(39)40)35(27(36)16-9-17-28(35)37)33(42)43-19-21-10-3-2-4-11-21/h2-8,10-15,25H,9,16-19H2,1H3,(H-,34,38,39,40,41)/p+1/t25-/m0/s1. The SMILES string of the molecule is Cc1c(NC(=O)c2ccccc2C[C@@H](C(=O)O)[N+]2(C(=O)OCc3ccccc3)C(=O)CCCC2=O)c2ccccc2oc1=O. The summed E-state index contributed by atoms with van der Waals surface area (Å²) >= 11 is 0. The Labute approximate surface area is 251 Å². The van der Waals surface area contributed by atoms with Crippen LogP contribution < -0.4 is 10.9 Å². The van der Waals surface area contributed by atoms with Crippen LogP contribution in [0.2, 0.25) is 0 Å². The van der Waals surface area contributed by atoms with Gasteiger partial charge < -0.3 is 19.6 Å². The minimum atomic E-state index is -1.90. The number of quaternary nitrogens is 1. The molecule has 1 atom stereocenters. The molecule has 4 amide bonds. The fourth-order valence-electron chi connectivity index (χ4n) is 5.48.